The number of esters is 1. The van der Waals surface area contributed by atoms with Crippen LogP contribution < -0.4 is 0 Å². The molecule has 0 saturated carbocycles. The number of aliphatic hydroxyl groups excluding tert-OH is 2. The summed E-state index contributed by atoms with van der Waals surface area (Å²) >= 11 is 0. The molecule has 1 unspecified atom stereocenters. The summed E-state index contributed by atoms with van der Waals surface area (Å²) in [4.78, 5) is 21.2. The van der Waals surface area contributed by atoms with Gasteiger partial charge in [-0.15, -0.1) is 0 Å². The van der Waals surface area contributed by atoms with Crippen LogP contribution in [0.1, 0.15) is 78.1 Å². The number of carboxylic acids is 1. The van der Waals surface area contributed by atoms with Crippen LogP contribution >= 0.6 is 0 Å². The van der Waals surface area contributed by atoms with E-state index < -0.39 is 24.5 Å². The number of ether oxygens (including phenoxy) is 1. The molecule has 7 nitrogen and oxygen atoms in total. The van der Waals surface area contributed by atoms with Crippen LogP contribution in [0.5, 0.6) is 0 Å². The lowest BCUT2D eigenvalue weighted by Crippen LogP contribution is -2.17. The molecule has 0 spiro atoms. The standard InChI is InChI=1S/C10H18O5.C6H14O2/c1-2-5-9(13)15-10(14)7-4-3-6-8(11)12;1-2-3-4-5-6(7)8/h9,13H,2-7H2,1H3,(H,11,12);6-8H,2-5H2,1H3. The van der Waals surface area contributed by atoms with Gasteiger partial charge in [0.25, 0.3) is 0 Å². The van der Waals surface area contributed by atoms with E-state index >= 15 is 0 Å². The highest BCUT2D eigenvalue weighted by Gasteiger charge is 2.09. The van der Waals surface area contributed by atoms with Crippen molar-refractivity contribution in [3.63, 3.8) is 0 Å². The Bertz CT molecular complexity index is 292. The molecular weight excluding hydrogens is 304 g/mol. The molecule has 0 saturated heterocycles. The Morgan fingerprint density at radius 3 is 1.96 bits per heavy atom. The zero-order valence-electron chi connectivity index (χ0n) is 14.2. The molecule has 0 aromatic carbocycles. The van der Waals surface area contributed by atoms with Crippen LogP contribution in [0.3, 0.4) is 0 Å². The maximum Gasteiger partial charge on any atom is 0.308 e. The van der Waals surface area contributed by atoms with Crippen LogP contribution in [0, 0.1) is 0 Å². The highest BCUT2D eigenvalue weighted by molar-refractivity contribution is 5.69. The number of aliphatic carboxylic acids is 1. The lowest BCUT2D eigenvalue weighted by atomic mass is 10.2. The fourth-order valence-corrected chi connectivity index (χ4v) is 1.64. The van der Waals surface area contributed by atoms with E-state index in [-0.39, 0.29) is 12.8 Å². The maximum absolute atomic E-state index is 11.0. The summed E-state index contributed by atoms with van der Waals surface area (Å²) in [6.45, 7) is 3.97. The smallest absolute Gasteiger partial charge is 0.308 e. The highest BCUT2D eigenvalue weighted by atomic mass is 16.6. The molecule has 0 aromatic rings. The Kier molecular flexibility index (Phi) is 18.0. The minimum absolute atomic E-state index is 0.0603. The van der Waals surface area contributed by atoms with Gasteiger partial charge in [0.1, 0.15) is 0 Å². The summed E-state index contributed by atoms with van der Waals surface area (Å²) in [5, 5.41) is 34.1. The predicted molar refractivity (Wildman–Crippen MR) is 85.5 cm³/mol. The second-order valence-corrected chi connectivity index (χ2v) is 5.31. The van der Waals surface area contributed by atoms with Crippen molar-refractivity contribution in [2.75, 3.05) is 0 Å². The Hall–Kier alpha value is -1.18. The average Bonchev–Trinajstić information content (AvgIpc) is 2.44. The molecule has 0 amide bonds. The quantitative estimate of drug-likeness (QED) is 0.244. The molecule has 0 rings (SSSR count). The molecule has 0 bridgehead atoms. The van der Waals surface area contributed by atoms with Gasteiger partial charge in [-0.1, -0.05) is 33.1 Å². The predicted octanol–water partition coefficient (Wildman–Crippen LogP) is 2.17. The molecule has 0 heterocycles. The minimum Gasteiger partial charge on any atom is -0.481 e. The Labute approximate surface area is 138 Å². The maximum atomic E-state index is 11.0. The topological polar surface area (TPSA) is 124 Å². The van der Waals surface area contributed by atoms with Crippen molar-refractivity contribution in [2.24, 2.45) is 0 Å². The molecule has 0 aliphatic rings. The van der Waals surface area contributed by atoms with Gasteiger partial charge in [-0.2, -0.15) is 0 Å². The van der Waals surface area contributed by atoms with Crippen molar-refractivity contribution in [3.8, 4) is 0 Å². The zero-order chi connectivity index (χ0) is 18.1. The third-order valence-electron chi connectivity index (χ3n) is 2.89. The molecule has 23 heavy (non-hydrogen) atoms. The van der Waals surface area contributed by atoms with Crippen LogP contribution in [0.4, 0.5) is 0 Å². The van der Waals surface area contributed by atoms with Crippen LogP contribution in [-0.4, -0.2) is 44.9 Å². The van der Waals surface area contributed by atoms with E-state index in [4.69, 9.17) is 20.4 Å². The van der Waals surface area contributed by atoms with Gasteiger partial charge in [-0.3, -0.25) is 9.59 Å². The normalized spacial score (nSPS) is 11.6. The summed E-state index contributed by atoms with van der Waals surface area (Å²) in [5.74, 6) is -1.34. The minimum atomic E-state index is -1.10. The van der Waals surface area contributed by atoms with Crippen molar-refractivity contribution < 1.29 is 34.8 Å². The summed E-state index contributed by atoms with van der Waals surface area (Å²) in [6.07, 6.45) is 3.88. The van der Waals surface area contributed by atoms with Gasteiger partial charge >= 0.3 is 11.9 Å². The second kappa shape index (κ2) is 17.2. The molecule has 0 fully saturated rings. The fourth-order valence-electron chi connectivity index (χ4n) is 1.64. The molecule has 0 aliphatic heterocycles. The molecule has 0 aliphatic carbocycles. The van der Waals surface area contributed by atoms with Gasteiger partial charge in [-0.25, -0.2) is 0 Å². The summed E-state index contributed by atoms with van der Waals surface area (Å²) in [5.41, 5.74) is 0. The van der Waals surface area contributed by atoms with E-state index in [1.165, 1.54) is 0 Å². The van der Waals surface area contributed by atoms with Crippen molar-refractivity contribution in [1.29, 1.82) is 0 Å². The lowest BCUT2D eigenvalue weighted by molar-refractivity contribution is -0.168. The van der Waals surface area contributed by atoms with Crippen molar-refractivity contribution in [1.82, 2.24) is 0 Å². The first-order valence-electron chi connectivity index (χ1n) is 8.28. The molecule has 0 radical (unpaired) electrons. The first kappa shape index (κ1) is 24.1. The number of carboxylic acid groups (broad SMARTS) is 1. The second-order valence-electron chi connectivity index (χ2n) is 5.31. The van der Waals surface area contributed by atoms with E-state index in [9.17, 15) is 9.59 Å². The van der Waals surface area contributed by atoms with Crippen LogP contribution in [0.25, 0.3) is 0 Å². The molecule has 138 valence electrons. The molecule has 7 heteroatoms. The Morgan fingerprint density at radius 1 is 0.870 bits per heavy atom. The van der Waals surface area contributed by atoms with E-state index in [2.05, 4.69) is 11.7 Å². The number of hydrogen-bond acceptors (Lipinski definition) is 6. The van der Waals surface area contributed by atoms with E-state index in [0.29, 0.717) is 25.7 Å². The SMILES string of the molecule is CCCC(O)OC(=O)CCCCC(=O)O.CCCCCC(O)O. The first-order chi connectivity index (χ1) is 10.8. The Balaban J connectivity index is 0. The Morgan fingerprint density at radius 2 is 1.48 bits per heavy atom. The van der Waals surface area contributed by atoms with Gasteiger partial charge in [0.15, 0.2) is 6.29 Å². The van der Waals surface area contributed by atoms with Gasteiger partial charge in [0, 0.05) is 19.3 Å². The van der Waals surface area contributed by atoms with Crippen LogP contribution in [-0.2, 0) is 14.3 Å². The molecule has 4 N–H and O–H groups in total. The fraction of sp³-hybridized carbons (Fsp3) is 0.875. The van der Waals surface area contributed by atoms with Gasteiger partial charge in [0.2, 0.25) is 6.29 Å². The van der Waals surface area contributed by atoms with E-state index in [1.54, 1.807) is 0 Å². The highest BCUT2D eigenvalue weighted by Crippen LogP contribution is 2.05. The third-order valence-corrected chi connectivity index (χ3v) is 2.89. The van der Waals surface area contributed by atoms with Crippen molar-refractivity contribution >= 4 is 11.9 Å². The number of rotatable bonds is 12. The van der Waals surface area contributed by atoms with E-state index in [0.717, 1.165) is 25.7 Å². The van der Waals surface area contributed by atoms with Crippen LogP contribution in [0.2, 0.25) is 0 Å². The van der Waals surface area contributed by atoms with Gasteiger partial charge in [-0.05, 0) is 25.7 Å². The van der Waals surface area contributed by atoms with Gasteiger partial charge < -0.3 is 25.2 Å². The molecule has 1 atom stereocenters. The largest absolute Gasteiger partial charge is 0.481 e. The summed E-state index contributed by atoms with van der Waals surface area (Å²) in [6, 6.07) is 0. The van der Waals surface area contributed by atoms with Gasteiger partial charge in [0.05, 0.1) is 0 Å². The monoisotopic (exact) mass is 336 g/mol. The van der Waals surface area contributed by atoms with Crippen molar-refractivity contribution in [2.45, 2.75) is 90.6 Å². The number of hydrogen-bond donors (Lipinski definition) is 4. The summed E-state index contributed by atoms with van der Waals surface area (Å²) in [7, 11) is 0. The zero-order valence-corrected chi connectivity index (χ0v) is 14.2. The average molecular weight is 336 g/mol. The van der Waals surface area contributed by atoms with E-state index in [1.807, 2.05) is 6.92 Å². The number of carbonyl (C=O) groups is 2. The lowest BCUT2D eigenvalue weighted by Gasteiger charge is -2.10. The summed E-state index contributed by atoms with van der Waals surface area (Å²) < 4.78 is 4.67. The number of carbonyl (C=O) groups excluding carboxylic acids is 1. The molecule has 0 aromatic heterocycles. The van der Waals surface area contributed by atoms with Crippen molar-refractivity contribution in [3.05, 3.63) is 0 Å². The number of unbranched alkanes of at least 4 members (excludes halogenated alkanes) is 3. The first-order valence-corrected chi connectivity index (χ1v) is 8.28. The third kappa shape index (κ3) is 23.2. The molecular formula is C16H32O7. The number of aliphatic hydroxyl groups is 3. The van der Waals surface area contributed by atoms with Crippen LogP contribution in [0.15, 0.2) is 0 Å².